The molecule has 3 aromatic rings. The molecule has 1 aromatic heterocycles. The Morgan fingerprint density at radius 2 is 1.53 bits per heavy atom. The molecule has 0 aliphatic carbocycles. The van der Waals surface area contributed by atoms with Crippen LogP contribution in [0.4, 0.5) is 18.0 Å². The van der Waals surface area contributed by atoms with Crippen LogP contribution in [0.15, 0.2) is 72.9 Å². The van der Waals surface area contributed by atoms with Crippen LogP contribution in [-0.4, -0.2) is 53.6 Å². The average Bonchev–Trinajstić information content (AvgIpc) is 2.85. The third kappa shape index (κ3) is 6.57. The standard InChI is InChI=1S/C26H26F3N3O2/c27-26(28,29)22-8-4-20(5-9-22)19-21-6-10-24(11-7-21)34-25(33)32-17-15-31(16-18-32)14-12-23-3-1-2-13-30-23/h1-11,13H,12,14-19H2. The molecule has 1 amide bonds. The molecule has 34 heavy (non-hydrogen) atoms. The summed E-state index contributed by atoms with van der Waals surface area (Å²) in [5.41, 5.74) is 2.10. The molecule has 0 radical (unpaired) electrons. The van der Waals surface area contributed by atoms with Gasteiger partial charge in [0.1, 0.15) is 5.75 Å². The van der Waals surface area contributed by atoms with Crippen molar-refractivity contribution in [1.82, 2.24) is 14.8 Å². The predicted molar refractivity (Wildman–Crippen MR) is 123 cm³/mol. The highest BCUT2D eigenvalue weighted by Gasteiger charge is 2.30. The molecule has 1 aliphatic heterocycles. The zero-order chi connectivity index (χ0) is 24.0. The number of pyridine rings is 1. The first kappa shape index (κ1) is 23.8. The summed E-state index contributed by atoms with van der Waals surface area (Å²) < 4.78 is 43.6. The van der Waals surface area contributed by atoms with E-state index in [-0.39, 0.29) is 6.09 Å². The number of piperazine rings is 1. The number of hydrogen-bond donors (Lipinski definition) is 0. The molecule has 1 saturated heterocycles. The molecule has 178 valence electrons. The van der Waals surface area contributed by atoms with Crippen LogP contribution in [-0.2, 0) is 19.0 Å². The van der Waals surface area contributed by atoms with Crippen molar-refractivity contribution in [3.05, 3.63) is 95.3 Å². The van der Waals surface area contributed by atoms with E-state index >= 15 is 0 Å². The number of carbonyl (C=O) groups is 1. The summed E-state index contributed by atoms with van der Waals surface area (Å²) in [5, 5.41) is 0. The van der Waals surface area contributed by atoms with Gasteiger partial charge in [0.05, 0.1) is 5.56 Å². The van der Waals surface area contributed by atoms with Gasteiger partial charge in [-0.3, -0.25) is 9.88 Å². The number of aromatic nitrogens is 1. The van der Waals surface area contributed by atoms with Crippen molar-refractivity contribution in [1.29, 1.82) is 0 Å². The van der Waals surface area contributed by atoms with Crippen molar-refractivity contribution in [2.75, 3.05) is 32.7 Å². The highest BCUT2D eigenvalue weighted by Crippen LogP contribution is 2.29. The normalized spacial score (nSPS) is 14.7. The van der Waals surface area contributed by atoms with Crippen LogP contribution < -0.4 is 4.74 Å². The zero-order valence-electron chi connectivity index (χ0n) is 18.7. The Balaban J connectivity index is 1.22. The number of hydrogen-bond acceptors (Lipinski definition) is 4. The lowest BCUT2D eigenvalue weighted by atomic mass is 10.0. The summed E-state index contributed by atoms with van der Waals surface area (Å²) in [6.45, 7) is 3.68. The van der Waals surface area contributed by atoms with Gasteiger partial charge < -0.3 is 9.64 Å². The summed E-state index contributed by atoms with van der Waals surface area (Å²) >= 11 is 0. The van der Waals surface area contributed by atoms with Crippen molar-refractivity contribution in [3.63, 3.8) is 0 Å². The number of amides is 1. The highest BCUT2D eigenvalue weighted by atomic mass is 19.4. The molecule has 0 unspecified atom stereocenters. The Morgan fingerprint density at radius 3 is 2.12 bits per heavy atom. The van der Waals surface area contributed by atoms with Crippen molar-refractivity contribution in [2.24, 2.45) is 0 Å². The van der Waals surface area contributed by atoms with Crippen LogP contribution in [0.25, 0.3) is 0 Å². The van der Waals surface area contributed by atoms with E-state index in [1.165, 1.54) is 12.1 Å². The Hall–Kier alpha value is -3.39. The van der Waals surface area contributed by atoms with Gasteiger partial charge in [-0.05, 0) is 53.9 Å². The van der Waals surface area contributed by atoms with Crippen molar-refractivity contribution in [3.8, 4) is 5.75 Å². The maximum atomic E-state index is 12.7. The van der Waals surface area contributed by atoms with Crippen LogP contribution in [0, 0.1) is 0 Å². The summed E-state index contributed by atoms with van der Waals surface area (Å²) in [6, 6.07) is 18.1. The lowest BCUT2D eigenvalue weighted by Crippen LogP contribution is -2.49. The number of benzene rings is 2. The minimum absolute atomic E-state index is 0.375. The number of carbonyl (C=O) groups excluding carboxylic acids is 1. The fraction of sp³-hybridized carbons (Fsp3) is 0.308. The van der Waals surface area contributed by atoms with E-state index in [1.807, 2.05) is 30.3 Å². The minimum Gasteiger partial charge on any atom is -0.410 e. The van der Waals surface area contributed by atoms with Crippen LogP contribution in [0.5, 0.6) is 5.75 Å². The van der Waals surface area contributed by atoms with Gasteiger partial charge in [-0.1, -0.05) is 30.3 Å². The van der Waals surface area contributed by atoms with Crippen LogP contribution in [0.2, 0.25) is 0 Å². The van der Waals surface area contributed by atoms with Crippen LogP contribution >= 0.6 is 0 Å². The summed E-state index contributed by atoms with van der Waals surface area (Å²) in [4.78, 5) is 20.9. The van der Waals surface area contributed by atoms with E-state index in [9.17, 15) is 18.0 Å². The largest absolute Gasteiger partial charge is 0.416 e. The first-order chi connectivity index (χ1) is 16.4. The Kier molecular flexibility index (Phi) is 7.47. The predicted octanol–water partition coefficient (Wildman–Crippen LogP) is 5.05. The number of nitrogens with zero attached hydrogens (tertiary/aromatic N) is 3. The molecule has 5 nitrogen and oxygen atoms in total. The lowest BCUT2D eigenvalue weighted by Gasteiger charge is -2.33. The lowest BCUT2D eigenvalue weighted by molar-refractivity contribution is -0.137. The Bertz CT molecular complexity index is 1060. The van der Waals surface area contributed by atoms with Gasteiger partial charge in [0.15, 0.2) is 0 Å². The van der Waals surface area contributed by atoms with Gasteiger partial charge in [0.25, 0.3) is 0 Å². The first-order valence-corrected chi connectivity index (χ1v) is 11.2. The summed E-state index contributed by atoms with van der Waals surface area (Å²) in [7, 11) is 0. The van der Waals surface area contributed by atoms with Crippen LogP contribution in [0.1, 0.15) is 22.4 Å². The fourth-order valence-corrected chi connectivity index (χ4v) is 3.86. The van der Waals surface area contributed by atoms with E-state index in [1.54, 1.807) is 23.2 Å². The third-order valence-corrected chi connectivity index (χ3v) is 5.86. The molecule has 2 aromatic carbocycles. The zero-order valence-corrected chi connectivity index (χ0v) is 18.7. The molecule has 1 fully saturated rings. The topological polar surface area (TPSA) is 45.7 Å². The van der Waals surface area contributed by atoms with Gasteiger partial charge in [0.2, 0.25) is 0 Å². The molecular formula is C26H26F3N3O2. The monoisotopic (exact) mass is 469 g/mol. The Labute approximate surface area is 196 Å². The average molecular weight is 470 g/mol. The highest BCUT2D eigenvalue weighted by molar-refractivity contribution is 5.70. The number of halogens is 3. The number of alkyl halides is 3. The second kappa shape index (κ2) is 10.7. The smallest absolute Gasteiger partial charge is 0.410 e. The number of rotatable bonds is 6. The maximum Gasteiger partial charge on any atom is 0.416 e. The SMILES string of the molecule is O=C(Oc1ccc(Cc2ccc(C(F)(F)F)cc2)cc1)N1CCN(CCc2ccccn2)CC1. The fourth-order valence-electron chi connectivity index (χ4n) is 3.86. The minimum atomic E-state index is -4.34. The molecule has 0 bridgehead atoms. The van der Waals surface area contributed by atoms with Crippen LogP contribution in [0.3, 0.4) is 0 Å². The van der Waals surface area contributed by atoms with Gasteiger partial charge in [-0.15, -0.1) is 0 Å². The van der Waals surface area contributed by atoms with Gasteiger partial charge >= 0.3 is 12.3 Å². The van der Waals surface area contributed by atoms with E-state index in [4.69, 9.17) is 4.74 Å². The van der Waals surface area contributed by atoms with Gasteiger partial charge in [-0.2, -0.15) is 13.2 Å². The molecule has 1 aliphatic rings. The summed E-state index contributed by atoms with van der Waals surface area (Å²) in [6.07, 6.45) is -1.54. The van der Waals surface area contributed by atoms with E-state index < -0.39 is 11.7 Å². The molecule has 0 spiro atoms. The van der Waals surface area contributed by atoms with E-state index in [2.05, 4.69) is 9.88 Å². The van der Waals surface area contributed by atoms with Gasteiger partial charge in [-0.25, -0.2) is 4.79 Å². The van der Waals surface area contributed by atoms with E-state index in [0.29, 0.717) is 25.3 Å². The molecule has 0 N–H and O–H groups in total. The maximum absolute atomic E-state index is 12.7. The molecule has 0 atom stereocenters. The molecule has 8 heteroatoms. The molecule has 0 saturated carbocycles. The van der Waals surface area contributed by atoms with E-state index in [0.717, 1.165) is 55.0 Å². The second-order valence-electron chi connectivity index (χ2n) is 8.28. The third-order valence-electron chi connectivity index (χ3n) is 5.86. The van der Waals surface area contributed by atoms with Gasteiger partial charge in [0, 0.05) is 51.0 Å². The van der Waals surface area contributed by atoms with Crippen molar-refractivity contribution < 1.29 is 22.7 Å². The number of ether oxygens (including phenoxy) is 1. The van der Waals surface area contributed by atoms with Crippen molar-refractivity contribution >= 4 is 6.09 Å². The van der Waals surface area contributed by atoms with Crippen molar-refractivity contribution in [2.45, 2.75) is 19.0 Å². The second-order valence-corrected chi connectivity index (χ2v) is 8.28. The Morgan fingerprint density at radius 1 is 0.882 bits per heavy atom. The quantitative estimate of drug-likeness (QED) is 0.507. The first-order valence-electron chi connectivity index (χ1n) is 11.2. The molecular weight excluding hydrogens is 443 g/mol. The molecule has 4 rings (SSSR count). The molecule has 2 heterocycles. The summed E-state index contributed by atoms with van der Waals surface area (Å²) in [5.74, 6) is 0.443.